The molecule has 0 N–H and O–H groups in total. The van der Waals surface area contributed by atoms with E-state index in [0.29, 0.717) is 17.2 Å². The summed E-state index contributed by atoms with van der Waals surface area (Å²) in [6, 6.07) is 5.40. The monoisotopic (exact) mass is 212 g/mol. The summed E-state index contributed by atoms with van der Waals surface area (Å²) in [5.41, 5.74) is 0. The third kappa shape index (κ3) is 4.09. The number of unbranched alkanes of at least 4 members (excludes halogenated alkanes) is 2. The van der Waals surface area contributed by atoms with E-state index in [4.69, 9.17) is 0 Å². The van der Waals surface area contributed by atoms with Crippen molar-refractivity contribution in [3.8, 4) is 0 Å². The van der Waals surface area contributed by atoms with E-state index in [1.807, 2.05) is 6.07 Å². The SMILES string of the molecule is [O]CCCCC[S+]([O-])c1ccccn1. The zero-order valence-corrected chi connectivity index (χ0v) is 8.83. The Hall–Kier alpha value is -0.580. The molecular weight excluding hydrogens is 198 g/mol. The van der Waals surface area contributed by atoms with Gasteiger partial charge in [-0.3, -0.25) is 0 Å². The highest BCUT2D eigenvalue weighted by Crippen LogP contribution is 2.09. The minimum atomic E-state index is -1.00. The Morgan fingerprint density at radius 3 is 2.79 bits per heavy atom. The lowest BCUT2D eigenvalue weighted by atomic mass is 10.3. The van der Waals surface area contributed by atoms with Crippen LogP contribution in [0.2, 0.25) is 0 Å². The second-order valence-electron chi connectivity index (χ2n) is 2.98. The number of nitrogens with zero attached hydrogens (tertiary/aromatic N) is 1. The zero-order valence-electron chi connectivity index (χ0n) is 8.02. The fourth-order valence-electron chi connectivity index (χ4n) is 1.10. The van der Waals surface area contributed by atoms with Gasteiger partial charge in [-0.2, -0.15) is 0 Å². The lowest BCUT2D eigenvalue weighted by Gasteiger charge is -2.08. The van der Waals surface area contributed by atoms with Gasteiger partial charge in [0.2, 0.25) is 5.03 Å². The number of hydrogen-bond acceptors (Lipinski definition) is 2. The molecule has 1 aromatic rings. The molecule has 1 atom stereocenters. The summed E-state index contributed by atoms with van der Waals surface area (Å²) in [6.07, 6.45) is 4.03. The molecule has 0 aliphatic carbocycles. The summed E-state index contributed by atoms with van der Waals surface area (Å²) in [5, 5.41) is 10.8. The van der Waals surface area contributed by atoms with Crippen molar-refractivity contribution in [1.82, 2.24) is 4.98 Å². The minimum Gasteiger partial charge on any atom is -0.610 e. The first kappa shape index (κ1) is 11.5. The average Bonchev–Trinajstić information content (AvgIpc) is 2.25. The van der Waals surface area contributed by atoms with E-state index < -0.39 is 11.2 Å². The maximum Gasteiger partial charge on any atom is 0.244 e. The molecule has 0 bridgehead atoms. The number of hydrogen-bond donors (Lipinski definition) is 0. The lowest BCUT2D eigenvalue weighted by molar-refractivity contribution is 0.186. The van der Waals surface area contributed by atoms with Crippen molar-refractivity contribution in [1.29, 1.82) is 0 Å². The van der Waals surface area contributed by atoms with E-state index in [9.17, 15) is 9.66 Å². The Morgan fingerprint density at radius 1 is 1.29 bits per heavy atom. The third-order valence-electron chi connectivity index (χ3n) is 1.85. The van der Waals surface area contributed by atoms with Gasteiger partial charge >= 0.3 is 0 Å². The molecule has 1 aromatic heterocycles. The van der Waals surface area contributed by atoms with Crippen molar-refractivity contribution in [2.45, 2.75) is 24.3 Å². The van der Waals surface area contributed by atoms with Gasteiger partial charge in [-0.25, -0.2) is 10.1 Å². The molecule has 0 saturated carbocycles. The Kier molecular flexibility index (Phi) is 5.59. The van der Waals surface area contributed by atoms with E-state index >= 15 is 0 Å². The number of aromatic nitrogens is 1. The van der Waals surface area contributed by atoms with E-state index in [2.05, 4.69) is 4.98 Å². The second kappa shape index (κ2) is 6.81. The predicted molar refractivity (Wildman–Crippen MR) is 54.9 cm³/mol. The van der Waals surface area contributed by atoms with Gasteiger partial charge in [-0.15, -0.1) is 0 Å². The van der Waals surface area contributed by atoms with E-state index in [-0.39, 0.29) is 6.61 Å². The maximum absolute atomic E-state index is 11.6. The van der Waals surface area contributed by atoms with Crippen molar-refractivity contribution in [2.24, 2.45) is 0 Å². The predicted octanol–water partition coefficient (Wildman–Crippen LogP) is 1.79. The molecule has 0 aliphatic heterocycles. The molecule has 1 radical (unpaired) electrons. The van der Waals surface area contributed by atoms with Gasteiger partial charge in [0.15, 0.2) is 0 Å². The van der Waals surface area contributed by atoms with E-state index in [1.54, 1.807) is 18.3 Å². The van der Waals surface area contributed by atoms with Crippen molar-refractivity contribution in [3.63, 3.8) is 0 Å². The highest BCUT2D eigenvalue weighted by Gasteiger charge is 2.10. The zero-order chi connectivity index (χ0) is 10.2. The Balaban J connectivity index is 2.25. The summed E-state index contributed by atoms with van der Waals surface area (Å²) in [7, 11) is 0. The fourth-order valence-corrected chi connectivity index (χ4v) is 2.18. The first-order valence-electron chi connectivity index (χ1n) is 4.72. The van der Waals surface area contributed by atoms with Crippen LogP contribution in [0.25, 0.3) is 0 Å². The second-order valence-corrected chi connectivity index (χ2v) is 4.50. The molecule has 0 aromatic carbocycles. The minimum absolute atomic E-state index is 0.0315. The molecule has 1 rings (SSSR count). The number of pyridine rings is 1. The summed E-state index contributed by atoms with van der Waals surface area (Å²) in [5.74, 6) is 0.608. The molecular formula is C10H14NO2S. The Morgan fingerprint density at radius 2 is 2.14 bits per heavy atom. The van der Waals surface area contributed by atoms with Gasteiger partial charge in [0.05, 0.1) is 6.61 Å². The van der Waals surface area contributed by atoms with Gasteiger partial charge in [0, 0.05) is 23.4 Å². The molecule has 3 nitrogen and oxygen atoms in total. The molecule has 0 saturated heterocycles. The fraction of sp³-hybridized carbons (Fsp3) is 0.500. The van der Waals surface area contributed by atoms with Crippen LogP contribution in [0.15, 0.2) is 29.4 Å². The lowest BCUT2D eigenvalue weighted by Crippen LogP contribution is -2.08. The van der Waals surface area contributed by atoms with Crippen LogP contribution in [0.4, 0.5) is 0 Å². The van der Waals surface area contributed by atoms with Crippen LogP contribution >= 0.6 is 0 Å². The van der Waals surface area contributed by atoms with Crippen molar-refractivity contribution >= 4 is 11.2 Å². The molecule has 0 amide bonds. The average molecular weight is 212 g/mol. The van der Waals surface area contributed by atoms with Gasteiger partial charge < -0.3 is 4.55 Å². The summed E-state index contributed by atoms with van der Waals surface area (Å²) >= 11 is -1.00. The van der Waals surface area contributed by atoms with E-state index in [0.717, 1.165) is 12.8 Å². The van der Waals surface area contributed by atoms with Crippen LogP contribution in [-0.4, -0.2) is 21.9 Å². The highest BCUT2D eigenvalue weighted by molar-refractivity contribution is 7.91. The summed E-state index contributed by atoms with van der Waals surface area (Å²) < 4.78 is 11.6. The van der Waals surface area contributed by atoms with Crippen LogP contribution in [0, 0.1) is 0 Å². The van der Waals surface area contributed by atoms with Crippen molar-refractivity contribution in [3.05, 3.63) is 24.4 Å². The third-order valence-corrected chi connectivity index (χ3v) is 3.21. The first-order chi connectivity index (χ1) is 6.84. The van der Waals surface area contributed by atoms with Crippen LogP contribution in [-0.2, 0) is 16.3 Å². The summed E-state index contributed by atoms with van der Waals surface area (Å²) in [4.78, 5) is 4.02. The van der Waals surface area contributed by atoms with Crippen LogP contribution in [0.5, 0.6) is 0 Å². The van der Waals surface area contributed by atoms with E-state index in [1.165, 1.54) is 0 Å². The Labute approximate surface area is 87.4 Å². The standard InChI is InChI=1S/C10H14NO2S/c12-8-4-1-5-9-14(13)10-6-2-3-7-11-10/h2-3,6-7H,1,4-5,8-9H2. The van der Waals surface area contributed by atoms with Gasteiger partial charge in [0.1, 0.15) is 5.75 Å². The molecule has 1 heterocycles. The Bertz CT molecular complexity index is 243. The first-order valence-corrected chi connectivity index (χ1v) is 6.04. The summed E-state index contributed by atoms with van der Waals surface area (Å²) in [6.45, 7) is -0.0315. The normalized spacial score (nSPS) is 12.7. The topological polar surface area (TPSA) is 55.8 Å². The van der Waals surface area contributed by atoms with Crippen LogP contribution < -0.4 is 0 Å². The molecule has 77 valence electrons. The van der Waals surface area contributed by atoms with Gasteiger partial charge in [-0.05, 0) is 25.3 Å². The smallest absolute Gasteiger partial charge is 0.244 e. The quantitative estimate of drug-likeness (QED) is 0.533. The van der Waals surface area contributed by atoms with Crippen LogP contribution in [0.3, 0.4) is 0 Å². The molecule has 0 spiro atoms. The molecule has 4 heteroatoms. The molecule has 0 aliphatic rings. The maximum atomic E-state index is 11.6. The highest BCUT2D eigenvalue weighted by atomic mass is 32.2. The molecule has 0 fully saturated rings. The number of rotatable bonds is 6. The molecule has 14 heavy (non-hydrogen) atoms. The van der Waals surface area contributed by atoms with Crippen molar-refractivity contribution < 1.29 is 9.66 Å². The molecule has 1 unspecified atom stereocenters. The van der Waals surface area contributed by atoms with Crippen LogP contribution in [0.1, 0.15) is 19.3 Å². The van der Waals surface area contributed by atoms with Crippen molar-refractivity contribution in [2.75, 3.05) is 12.4 Å². The van der Waals surface area contributed by atoms with Gasteiger partial charge in [-0.1, -0.05) is 6.07 Å². The largest absolute Gasteiger partial charge is 0.610 e. The van der Waals surface area contributed by atoms with Gasteiger partial charge in [0.25, 0.3) is 0 Å².